The van der Waals surface area contributed by atoms with Crippen molar-refractivity contribution in [2.45, 2.75) is 19.6 Å². The van der Waals surface area contributed by atoms with E-state index in [4.69, 9.17) is 14.7 Å². The Hall–Kier alpha value is -1.97. The van der Waals surface area contributed by atoms with Crippen LogP contribution in [0, 0.1) is 18.3 Å². The molecule has 25 heavy (non-hydrogen) atoms. The smallest absolute Gasteiger partial charge is 0.321 e. The predicted molar refractivity (Wildman–Crippen MR) is 103 cm³/mol. The van der Waals surface area contributed by atoms with Gasteiger partial charge in [-0.2, -0.15) is 5.26 Å². The number of rotatable bonds is 7. The van der Waals surface area contributed by atoms with Crippen LogP contribution in [0.1, 0.15) is 23.6 Å². The Kier molecular flexibility index (Phi) is 7.35. The number of carbonyl (C=O) groups is 1. The summed E-state index contributed by atoms with van der Waals surface area (Å²) >= 11 is 4.82. The molecule has 2 aromatic carbocycles. The molecule has 0 bridgehead atoms. The van der Waals surface area contributed by atoms with Gasteiger partial charge in [-0.05, 0) is 41.4 Å². The first-order valence-corrected chi connectivity index (χ1v) is 9.68. The van der Waals surface area contributed by atoms with Gasteiger partial charge in [-0.15, -0.1) is 11.8 Å². The van der Waals surface area contributed by atoms with Crippen LogP contribution >= 0.6 is 27.7 Å². The van der Waals surface area contributed by atoms with Gasteiger partial charge in [0.1, 0.15) is 0 Å². The number of hydrogen-bond acceptors (Lipinski definition) is 5. The summed E-state index contributed by atoms with van der Waals surface area (Å²) < 4.78 is 11.4. The molecule has 4 nitrogen and oxygen atoms in total. The van der Waals surface area contributed by atoms with Crippen molar-refractivity contribution in [3.63, 3.8) is 0 Å². The Morgan fingerprint density at radius 2 is 2.00 bits per heavy atom. The van der Waals surface area contributed by atoms with Crippen LogP contribution in [-0.2, 0) is 10.5 Å². The Morgan fingerprint density at radius 1 is 1.28 bits per heavy atom. The maximum absolute atomic E-state index is 12.1. The normalized spacial score (nSPS) is 10.2. The lowest BCUT2D eigenvalue weighted by atomic mass is 10.2. The number of esters is 1. The predicted octanol–water partition coefficient (Wildman–Crippen LogP) is 4.87. The maximum Gasteiger partial charge on any atom is 0.321 e. The molecule has 6 heteroatoms. The van der Waals surface area contributed by atoms with Crippen molar-refractivity contribution in [3.05, 3.63) is 57.6 Å². The summed E-state index contributed by atoms with van der Waals surface area (Å²) in [6.07, 6.45) is 0. The van der Waals surface area contributed by atoms with Gasteiger partial charge in [-0.3, -0.25) is 4.79 Å². The van der Waals surface area contributed by atoms with Crippen LogP contribution < -0.4 is 9.47 Å². The SMILES string of the molecule is CCOc1cc(C#N)cc(Br)c1OC(=O)CSCc1ccc(C)cc1. The monoisotopic (exact) mass is 419 g/mol. The topological polar surface area (TPSA) is 59.3 Å². The summed E-state index contributed by atoms with van der Waals surface area (Å²) in [6.45, 7) is 4.28. The van der Waals surface area contributed by atoms with Gasteiger partial charge in [-0.1, -0.05) is 29.8 Å². The van der Waals surface area contributed by atoms with Gasteiger partial charge >= 0.3 is 5.97 Å². The number of nitrogens with zero attached hydrogens (tertiary/aromatic N) is 1. The van der Waals surface area contributed by atoms with Gasteiger partial charge in [0.2, 0.25) is 0 Å². The number of ether oxygens (including phenoxy) is 2. The summed E-state index contributed by atoms with van der Waals surface area (Å²) in [6, 6.07) is 13.4. The van der Waals surface area contributed by atoms with E-state index in [0.29, 0.717) is 28.1 Å². The third kappa shape index (κ3) is 5.80. The van der Waals surface area contributed by atoms with Gasteiger partial charge in [0.15, 0.2) is 11.5 Å². The Morgan fingerprint density at radius 3 is 2.64 bits per heavy atom. The molecule has 0 amide bonds. The molecule has 0 heterocycles. The van der Waals surface area contributed by atoms with Crippen LogP contribution in [0.5, 0.6) is 11.5 Å². The van der Waals surface area contributed by atoms with E-state index in [1.54, 1.807) is 12.1 Å². The summed E-state index contributed by atoms with van der Waals surface area (Å²) in [5.74, 6) is 1.30. The van der Waals surface area contributed by atoms with Crippen molar-refractivity contribution in [3.8, 4) is 17.6 Å². The van der Waals surface area contributed by atoms with E-state index in [1.807, 2.05) is 19.9 Å². The van der Waals surface area contributed by atoms with Crippen molar-refractivity contribution in [1.82, 2.24) is 0 Å². The van der Waals surface area contributed by atoms with Gasteiger partial charge in [-0.25, -0.2) is 0 Å². The number of hydrogen-bond donors (Lipinski definition) is 0. The largest absolute Gasteiger partial charge is 0.490 e. The molecule has 0 aliphatic rings. The van der Waals surface area contributed by atoms with Gasteiger partial charge in [0, 0.05) is 11.8 Å². The van der Waals surface area contributed by atoms with Crippen molar-refractivity contribution < 1.29 is 14.3 Å². The summed E-state index contributed by atoms with van der Waals surface area (Å²) in [5.41, 5.74) is 2.81. The molecular formula is C19H18BrNO3S. The minimum absolute atomic E-state index is 0.228. The van der Waals surface area contributed by atoms with Gasteiger partial charge in [0.05, 0.1) is 28.5 Å². The lowest BCUT2D eigenvalue weighted by Gasteiger charge is -2.12. The average molecular weight is 420 g/mol. The van der Waals surface area contributed by atoms with E-state index in [-0.39, 0.29) is 11.7 Å². The Balaban J connectivity index is 1.97. The van der Waals surface area contributed by atoms with E-state index in [1.165, 1.54) is 17.3 Å². The van der Waals surface area contributed by atoms with Gasteiger partial charge < -0.3 is 9.47 Å². The molecule has 0 fully saturated rings. The minimum atomic E-state index is -0.358. The number of aryl methyl sites for hydroxylation is 1. The molecule has 0 aromatic heterocycles. The first-order chi connectivity index (χ1) is 12.0. The summed E-state index contributed by atoms with van der Waals surface area (Å²) in [5, 5.41) is 9.03. The highest BCUT2D eigenvalue weighted by atomic mass is 79.9. The van der Waals surface area contributed by atoms with Crippen LogP contribution in [0.2, 0.25) is 0 Å². The van der Waals surface area contributed by atoms with Crippen LogP contribution in [0.25, 0.3) is 0 Å². The van der Waals surface area contributed by atoms with Crippen molar-refractivity contribution in [1.29, 1.82) is 5.26 Å². The van der Waals surface area contributed by atoms with Crippen LogP contribution in [0.4, 0.5) is 0 Å². The number of halogens is 1. The lowest BCUT2D eigenvalue weighted by Crippen LogP contribution is -2.12. The molecule has 0 saturated carbocycles. The second-order valence-electron chi connectivity index (χ2n) is 5.28. The fourth-order valence-corrected chi connectivity index (χ4v) is 3.35. The van der Waals surface area contributed by atoms with Crippen molar-refractivity contribution in [2.75, 3.05) is 12.4 Å². The van der Waals surface area contributed by atoms with E-state index in [0.717, 1.165) is 11.3 Å². The van der Waals surface area contributed by atoms with Crippen LogP contribution in [0.15, 0.2) is 40.9 Å². The highest BCUT2D eigenvalue weighted by Crippen LogP contribution is 2.37. The van der Waals surface area contributed by atoms with E-state index in [9.17, 15) is 4.79 Å². The Bertz CT molecular complexity index is 784. The van der Waals surface area contributed by atoms with Crippen LogP contribution in [0.3, 0.4) is 0 Å². The van der Waals surface area contributed by atoms with Gasteiger partial charge in [0.25, 0.3) is 0 Å². The zero-order valence-corrected chi connectivity index (χ0v) is 16.4. The second-order valence-corrected chi connectivity index (χ2v) is 7.12. The summed E-state index contributed by atoms with van der Waals surface area (Å²) in [4.78, 5) is 12.1. The molecule has 2 rings (SSSR count). The summed E-state index contributed by atoms with van der Waals surface area (Å²) in [7, 11) is 0. The molecule has 0 aliphatic carbocycles. The first-order valence-electron chi connectivity index (χ1n) is 7.74. The first kappa shape index (κ1) is 19.4. The van der Waals surface area contributed by atoms with E-state index >= 15 is 0 Å². The molecule has 0 spiro atoms. The molecule has 0 N–H and O–H groups in total. The van der Waals surface area contributed by atoms with Crippen LogP contribution in [-0.4, -0.2) is 18.3 Å². The molecule has 130 valence electrons. The quantitative estimate of drug-likeness (QED) is 0.473. The molecule has 2 aromatic rings. The van der Waals surface area contributed by atoms with E-state index in [2.05, 4.69) is 40.2 Å². The highest BCUT2D eigenvalue weighted by molar-refractivity contribution is 9.10. The molecule has 0 saturated heterocycles. The highest BCUT2D eigenvalue weighted by Gasteiger charge is 2.16. The lowest BCUT2D eigenvalue weighted by molar-refractivity contribution is -0.131. The Labute approximate surface area is 160 Å². The number of benzene rings is 2. The van der Waals surface area contributed by atoms with E-state index < -0.39 is 0 Å². The number of carbonyl (C=O) groups excluding carboxylic acids is 1. The second kappa shape index (κ2) is 9.50. The minimum Gasteiger partial charge on any atom is -0.490 e. The molecular weight excluding hydrogens is 402 g/mol. The third-order valence-electron chi connectivity index (χ3n) is 3.26. The number of nitriles is 1. The van der Waals surface area contributed by atoms with Crippen molar-refractivity contribution >= 4 is 33.7 Å². The van der Waals surface area contributed by atoms with Crippen molar-refractivity contribution in [2.24, 2.45) is 0 Å². The third-order valence-corrected chi connectivity index (χ3v) is 4.83. The molecule has 0 radical (unpaired) electrons. The number of thioether (sulfide) groups is 1. The molecule has 0 aliphatic heterocycles. The fraction of sp³-hybridized carbons (Fsp3) is 0.263. The zero-order valence-electron chi connectivity index (χ0n) is 14.0. The maximum atomic E-state index is 12.1. The zero-order chi connectivity index (χ0) is 18.2. The fourth-order valence-electron chi connectivity index (χ4n) is 2.07. The molecule has 0 atom stereocenters. The molecule has 0 unspecified atom stereocenters. The average Bonchev–Trinajstić information content (AvgIpc) is 2.59. The standard InChI is InChI=1S/C19H18BrNO3S/c1-3-23-17-9-15(10-21)8-16(20)19(17)24-18(22)12-25-11-14-6-4-13(2)5-7-14/h4-9H,3,11-12H2,1-2H3.